The van der Waals surface area contributed by atoms with Crippen molar-refractivity contribution in [1.29, 1.82) is 0 Å². The number of carbonyl (C=O) groups is 3. The molecule has 2 aromatic carbocycles. The Balaban J connectivity index is 1.26. The maximum atomic E-state index is 13.1. The summed E-state index contributed by atoms with van der Waals surface area (Å²) in [5, 5.41) is 2.90. The number of rotatable bonds is 9. The lowest BCUT2D eigenvalue weighted by Gasteiger charge is -2.41. The van der Waals surface area contributed by atoms with E-state index in [1.54, 1.807) is 0 Å². The van der Waals surface area contributed by atoms with Gasteiger partial charge in [-0.1, -0.05) is 68.7 Å². The van der Waals surface area contributed by atoms with Gasteiger partial charge in [0.05, 0.1) is 5.41 Å². The molecule has 5 heteroatoms. The Morgan fingerprint density at radius 2 is 1.56 bits per heavy atom. The Labute approximate surface area is 215 Å². The average Bonchev–Trinajstić information content (AvgIpc) is 2.94. The summed E-state index contributed by atoms with van der Waals surface area (Å²) in [4.78, 5) is 40.5. The molecule has 192 valence electrons. The van der Waals surface area contributed by atoms with Crippen LogP contribution in [0.15, 0.2) is 54.6 Å². The minimum absolute atomic E-state index is 0.0348. The van der Waals surface area contributed by atoms with Gasteiger partial charge in [-0.3, -0.25) is 14.4 Å². The number of benzene rings is 2. The second-order valence-electron chi connectivity index (χ2n) is 10.5. The van der Waals surface area contributed by atoms with Gasteiger partial charge in [-0.25, -0.2) is 0 Å². The third kappa shape index (κ3) is 6.05. The average molecular weight is 489 g/mol. The molecule has 0 aromatic heterocycles. The van der Waals surface area contributed by atoms with Crippen molar-refractivity contribution in [1.82, 2.24) is 10.2 Å². The zero-order valence-electron chi connectivity index (χ0n) is 21.6. The molecule has 1 heterocycles. The first-order valence-corrected chi connectivity index (χ1v) is 13.8. The van der Waals surface area contributed by atoms with Gasteiger partial charge in [0.1, 0.15) is 5.78 Å². The highest BCUT2D eigenvalue weighted by molar-refractivity contribution is 5.94. The van der Waals surface area contributed by atoms with E-state index in [1.165, 1.54) is 37.7 Å². The molecular weight excluding hydrogens is 448 g/mol. The summed E-state index contributed by atoms with van der Waals surface area (Å²) in [6.45, 7) is 3.49. The molecule has 36 heavy (non-hydrogen) atoms. The van der Waals surface area contributed by atoms with Crippen LogP contribution in [0.4, 0.5) is 0 Å². The molecule has 1 saturated carbocycles. The maximum Gasteiger partial charge on any atom is 0.251 e. The van der Waals surface area contributed by atoms with E-state index in [-0.39, 0.29) is 24.0 Å². The first-order valence-electron chi connectivity index (χ1n) is 13.8. The molecule has 5 nitrogen and oxygen atoms in total. The van der Waals surface area contributed by atoms with Gasteiger partial charge in [-0.2, -0.15) is 0 Å². The van der Waals surface area contributed by atoms with E-state index in [0.29, 0.717) is 50.4 Å². The number of ketones is 1. The highest BCUT2D eigenvalue weighted by Crippen LogP contribution is 2.38. The van der Waals surface area contributed by atoms with Crippen LogP contribution in [0, 0.1) is 0 Å². The summed E-state index contributed by atoms with van der Waals surface area (Å²) < 4.78 is 0. The van der Waals surface area contributed by atoms with Crippen LogP contribution < -0.4 is 5.32 Å². The van der Waals surface area contributed by atoms with Crippen LogP contribution in [0.5, 0.6) is 0 Å². The molecule has 0 radical (unpaired) electrons. The fourth-order valence-corrected chi connectivity index (χ4v) is 5.98. The van der Waals surface area contributed by atoms with Crippen LogP contribution in [0.1, 0.15) is 98.5 Å². The van der Waals surface area contributed by atoms with E-state index in [9.17, 15) is 14.4 Å². The molecule has 0 atom stereocenters. The second kappa shape index (κ2) is 12.3. The van der Waals surface area contributed by atoms with Crippen LogP contribution >= 0.6 is 0 Å². The van der Waals surface area contributed by atoms with E-state index in [1.807, 2.05) is 54.3 Å². The summed E-state index contributed by atoms with van der Waals surface area (Å²) in [6.07, 6.45) is 9.37. The number of nitrogens with one attached hydrogen (secondary N) is 1. The highest BCUT2D eigenvalue weighted by atomic mass is 16.2. The van der Waals surface area contributed by atoms with Gasteiger partial charge in [0.25, 0.3) is 5.91 Å². The minimum atomic E-state index is -0.494. The quantitative estimate of drug-likeness (QED) is 0.486. The molecule has 1 N–H and O–H groups in total. The first kappa shape index (κ1) is 26.1. The van der Waals surface area contributed by atoms with Crippen molar-refractivity contribution < 1.29 is 14.4 Å². The number of Topliss-reactive ketones (excluding diaryl/α,β-unsaturated/α-hetero) is 1. The lowest BCUT2D eigenvalue weighted by atomic mass is 9.68. The van der Waals surface area contributed by atoms with Crippen LogP contribution in [-0.2, 0) is 15.0 Å². The van der Waals surface area contributed by atoms with Crippen molar-refractivity contribution in [2.24, 2.45) is 0 Å². The van der Waals surface area contributed by atoms with Gasteiger partial charge in [0, 0.05) is 38.0 Å². The van der Waals surface area contributed by atoms with Gasteiger partial charge in [-0.15, -0.1) is 0 Å². The molecule has 0 bridgehead atoms. The van der Waals surface area contributed by atoms with Crippen molar-refractivity contribution in [3.8, 4) is 0 Å². The Morgan fingerprint density at radius 1 is 0.889 bits per heavy atom. The monoisotopic (exact) mass is 488 g/mol. The number of amides is 2. The molecule has 2 fully saturated rings. The number of hydrogen-bond acceptors (Lipinski definition) is 3. The van der Waals surface area contributed by atoms with Crippen LogP contribution in [-0.4, -0.2) is 42.1 Å². The number of nitrogens with zero attached hydrogens (tertiary/aromatic N) is 1. The van der Waals surface area contributed by atoms with Crippen molar-refractivity contribution in [3.63, 3.8) is 0 Å². The molecule has 2 aromatic rings. The third-order valence-electron chi connectivity index (χ3n) is 8.18. The Morgan fingerprint density at radius 3 is 2.19 bits per heavy atom. The molecule has 4 rings (SSSR count). The van der Waals surface area contributed by atoms with Crippen LogP contribution in [0.3, 0.4) is 0 Å². The van der Waals surface area contributed by atoms with E-state index >= 15 is 0 Å². The van der Waals surface area contributed by atoms with Crippen molar-refractivity contribution in [2.75, 3.05) is 19.6 Å². The predicted molar refractivity (Wildman–Crippen MR) is 143 cm³/mol. The fraction of sp³-hybridized carbons (Fsp3) is 0.516. The third-order valence-corrected chi connectivity index (χ3v) is 8.18. The van der Waals surface area contributed by atoms with Crippen LogP contribution in [0.25, 0.3) is 0 Å². The van der Waals surface area contributed by atoms with Gasteiger partial charge >= 0.3 is 0 Å². The number of hydrogen-bond donors (Lipinski definition) is 1. The first-order chi connectivity index (χ1) is 17.5. The summed E-state index contributed by atoms with van der Waals surface area (Å²) in [5.74, 6) is 0.804. The maximum absolute atomic E-state index is 13.1. The zero-order valence-corrected chi connectivity index (χ0v) is 21.6. The molecule has 1 aliphatic heterocycles. The molecule has 0 spiro atoms. The molecule has 0 unspecified atom stereocenters. The van der Waals surface area contributed by atoms with E-state index in [4.69, 9.17) is 0 Å². The topological polar surface area (TPSA) is 66.5 Å². The molecule has 2 aliphatic rings. The van der Waals surface area contributed by atoms with E-state index in [0.717, 1.165) is 12.0 Å². The van der Waals surface area contributed by atoms with Gasteiger partial charge < -0.3 is 10.2 Å². The number of piperidine rings is 1. The normalized spacial score (nSPS) is 18.0. The standard InChI is InChI=1S/C31H40N2O3/c1-2-9-28(34)31(27-12-7-4-8-13-27)19-22-33(23-20-31)29(35)18-21-32-30(36)26-16-14-25(15-17-26)24-10-5-3-6-11-24/h4,7-8,12-17,24H,2-3,5-6,9-11,18-23H2,1H3,(H,32,36). The summed E-state index contributed by atoms with van der Waals surface area (Å²) in [5.41, 5.74) is 2.54. The lowest BCUT2D eigenvalue weighted by molar-refractivity contribution is -0.136. The van der Waals surface area contributed by atoms with Crippen molar-refractivity contribution in [2.45, 2.75) is 82.5 Å². The van der Waals surface area contributed by atoms with Gasteiger partial charge in [0.2, 0.25) is 5.91 Å². The summed E-state index contributed by atoms with van der Waals surface area (Å²) >= 11 is 0. The van der Waals surface area contributed by atoms with Gasteiger partial charge in [-0.05, 0) is 61.3 Å². The van der Waals surface area contributed by atoms with E-state index < -0.39 is 5.41 Å². The Bertz CT molecular complexity index is 1020. The lowest BCUT2D eigenvalue weighted by Crippen LogP contribution is -2.49. The zero-order chi connectivity index (χ0) is 25.4. The number of likely N-dealkylation sites (tertiary alicyclic amines) is 1. The van der Waals surface area contributed by atoms with Gasteiger partial charge in [0.15, 0.2) is 0 Å². The van der Waals surface area contributed by atoms with E-state index in [2.05, 4.69) is 17.4 Å². The number of carbonyl (C=O) groups excluding carboxylic acids is 3. The smallest absolute Gasteiger partial charge is 0.251 e. The van der Waals surface area contributed by atoms with Crippen LogP contribution in [0.2, 0.25) is 0 Å². The predicted octanol–water partition coefficient (Wildman–Crippen LogP) is 5.78. The minimum Gasteiger partial charge on any atom is -0.352 e. The highest BCUT2D eigenvalue weighted by Gasteiger charge is 2.42. The molecule has 2 amide bonds. The Hall–Kier alpha value is -2.95. The second-order valence-corrected chi connectivity index (χ2v) is 10.5. The molecule has 1 aliphatic carbocycles. The van der Waals surface area contributed by atoms with Crippen molar-refractivity contribution >= 4 is 17.6 Å². The SMILES string of the molecule is CCCC(=O)C1(c2ccccc2)CCN(C(=O)CCNC(=O)c2ccc(C3CCCCC3)cc2)CC1. The van der Waals surface area contributed by atoms with Crippen molar-refractivity contribution in [3.05, 3.63) is 71.3 Å². The summed E-state index contributed by atoms with van der Waals surface area (Å²) in [7, 11) is 0. The molecular formula is C31H40N2O3. The fourth-order valence-electron chi connectivity index (χ4n) is 5.98. The molecule has 1 saturated heterocycles. The summed E-state index contributed by atoms with van der Waals surface area (Å²) in [6, 6.07) is 18.0. The Kier molecular flexibility index (Phi) is 8.95. The largest absolute Gasteiger partial charge is 0.352 e.